The molecule has 2 atom stereocenters. The molecule has 0 spiro atoms. The largest absolute Gasteiger partial charge is 0.306 e. The van der Waals surface area contributed by atoms with Gasteiger partial charge in [-0.05, 0) is 25.7 Å². The third kappa shape index (κ3) is 20.5. The standard InChI is InChI=1S/C8H18O4S5.Na/c9-16(10)7-3-1-5-14-15-6-2-4-8-17(11,12)13;/h1-8H2,(H,9,10)(H,11,12,13);. The SMILES string of the molecule is O=S(O)CCCCSSCCCCS(=O)(O)=S.[Na]. The molecule has 0 saturated carbocycles. The quantitative estimate of drug-likeness (QED) is 0.252. The first-order valence-corrected chi connectivity index (χ1v) is 11.6. The summed E-state index contributed by atoms with van der Waals surface area (Å²) in [6.07, 6.45) is 3.31. The van der Waals surface area contributed by atoms with Crippen LogP contribution in [0.25, 0.3) is 0 Å². The summed E-state index contributed by atoms with van der Waals surface area (Å²) in [5, 5.41) is 0. The van der Waals surface area contributed by atoms with Crippen molar-refractivity contribution in [3.8, 4) is 0 Å². The van der Waals surface area contributed by atoms with E-state index in [1.165, 1.54) is 0 Å². The Morgan fingerprint density at radius 2 is 1.61 bits per heavy atom. The first-order chi connectivity index (χ1) is 7.92. The second-order valence-electron chi connectivity index (χ2n) is 3.37. The smallest absolute Gasteiger partial charge is 0.152 e. The molecule has 105 valence electrons. The second-order valence-corrected chi connectivity index (χ2v) is 10.3. The van der Waals surface area contributed by atoms with Crippen LogP contribution in [0.4, 0.5) is 0 Å². The summed E-state index contributed by atoms with van der Waals surface area (Å²) in [5.41, 5.74) is 0. The van der Waals surface area contributed by atoms with E-state index in [1.807, 2.05) is 0 Å². The van der Waals surface area contributed by atoms with Crippen molar-refractivity contribution in [2.24, 2.45) is 0 Å². The second kappa shape index (κ2) is 14.1. The van der Waals surface area contributed by atoms with Crippen LogP contribution in [0.5, 0.6) is 0 Å². The van der Waals surface area contributed by atoms with Gasteiger partial charge in [-0.3, -0.25) is 0 Å². The summed E-state index contributed by atoms with van der Waals surface area (Å²) in [7, 11) is 0.499. The Balaban J connectivity index is 0. The zero-order chi connectivity index (χ0) is 13.1. The normalized spacial score (nSPS) is 15.7. The van der Waals surface area contributed by atoms with E-state index in [2.05, 4.69) is 11.2 Å². The molecular weight excluding hydrogens is 343 g/mol. The average molecular weight is 362 g/mol. The van der Waals surface area contributed by atoms with Crippen molar-refractivity contribution >= 4 is 82.2 Å². The van der Waals surface area contributed by atoms with Gasteiger partial charge in [0.05, 0.1) is 0 Å². The van der Waals surface area contributed by atoms with E-state index in [1.54, 1.807) is 21.6 Å². The molecule has 0 heterocycles. The van der Waals surface area contributed by atoms with Crippen LogP contribution in [0.15, 0.2) is 0 Å². The summed E-state index contributed by atoms with van der Waals surface area (Å²) in [5.74, 6) is 2.48. The van der Waals surface area contributed by atoms with Gasteiger partial charge >= 0.3 is 0 Å². The van der Waals surface area contributed by atoms with E-state index in [0.29, 0.717) is 12.2 Å². The van der Waals surface area contributed by atoms with Crippen LogP contribution in [0.3, 0.4) is 0 Å². The molecule has 0 aliphatic carbocycles. The van der Waals surface area contributed by atoms with E-state index >= 15 is 0 Å². The van der Waals surface area contributed by atoms with Crippen molar-refractivity contribution in [1.29, 1.82) is 0 Å². The van der Waals surface area contributed by atoms with Crippen molar-refractivity contribution in [2.45, 2.75) is 25.7 Å². The van der Waals surface area contributed by atoms with E-state index in [0.717, 1.165) is 30.8 Å². The Kier molecular flexibility index (Phi) is 17.6. The minimum atomic E-state index is -2.97. The molecule has 0 aromatic heterocycles. The van der Waals surface area contributed by atoms with Crippen LogP contribution in [0.2, 0.25) is 0 Å². The van der Waals surface area contributed by atoms with Gasteiger partial charge in [0.25, 0.3) is 0 Å². The average Bonchev–Trinajstić information content (AvgIpc) is 2.18. The molecule has 0 amide bonds. The molecule has 2 N–H and O–H groups in total. The Labute approximate surface area is 147 Å². The van der Waals surface area contributed by atoms with E-state index in [9.17, 15) is 8.42 Å². The Hall–Kier alpha value is 2.14. The summed E-state index contributed by atoms with van der Waals surface area (Å²) in [4.78, 5) is 0. The molecule has 0 aromatic carbocycles. The fraction of sp³-hybridized carbons (Fsp3) is 1.00. The predicted octanol–water partition coefficient (Wildman–Crippen LogP) is 1.99. The molecule has 0 bridgehead atoms. The van der Waals surface area contributed by atoms with Crippen molar-refractivity contribution < 1.29 is 17.5 Å². The zero-order valence-corrected chi connectivity index (χ0v) is 16.5. The summed E-state index contributed by atoms with van der Waals surface area (Å²) in [6.45, 7) is 0. The fourth-order valence-electron chi connectivity index (χ4n) is 0.950. The van der Waals surface area contributed by atoms with Crippen LogP contribution in [0.1, 0.15) is 25.7 Å². The molecule has 10 heteroatoms. The fourth-order valence-corrected chi connectivity index (χ4v) is 4.62. The van der Waals surface area contributed by atoms with Gasteiger partial charge in [-0.2, -0.15) is 0 Å². The molecule has 0 rings (SSSR count). The Morgan fingerprint density at radius 1 is 1.11 bits per heavy atom. The van der Waals surface area contributed by atoms with Crippen LogP contribution in [-0.2, 0) is 31.0 Å². The third-order valence-electron chi connectivity index (χ3n) is 1.76. The molecule has 2 unspecified atom stereocenters. The van der Waals surface area contributed by atoms with Gasteiger partial charge in [-0.1, -0.05) is 21.6 Å². The summed E-state index contributed by atoms with van der Waals surface area (Å²) in [6, 6.07) is 0. The molecule has 0 aliphatic heterocycles. The van der Waals surface area contributed by atoms with Crippen LogP contribution < -0.4 is 0 Å². The van der Waals surface area contributed by atoms with Gasteiger partial charge in [-0.25, -0.2) is 8.42 Å². The van der Waals surface area contributed by atoms with Gasteiger partial charge < -0.3 is 9.11 Å². The molecule has 1 radical (unpaired) electrons. The van der Waals surface area contributed by atoms with E-state index in [-0.39, 0.29) is 35.3 Å². The van der Waals surface area contributed by atoms with Crippen LogP contribution in [-0.4, -0.2) is 70.1 Å². The van der Waals surface area contributed by atoms with Gasteiger partial charge in [0, 0.05) is 63.8 Å². The first-order valence-electron chi connectivity index (χ1n) is 5.19. The third-order valence-corrected chi connectivity index (χ3v) is 6.28. The zero-order valence-electron chi connectivity index (χ0n) is 10.4. The minimum absolute atomic E-state index is 0. The van der Waals surface area contributed by atoms with Gasteiger partial charge in [0.15, 0.2) is 11.1 Å². The maximum Gasteiger partial charge on any atom is 0.152 e. The maximum atomic E-state index is 10.8. The molecule has 0 fully saturated rings. The van der Waals surface area contributed by atoms with Gasteiger partial charge in [0.1, 0.15) is 8.77 Å². The number of hydrogen-bond donors (Lipinski definition) is 2. The molecule has 0 saturated heterocycles. The van der Waals surface area contributed by atoms with Gasteiger partial charge in [-0.15, -0.1) is 0 Å². The van der Waals surface area contributed by atoms with Gasteiger partial charge in [0.2, 0.25) is 0 Å². The molecule has 0 aliphatic rings. The molecule has 18 heavy (non-hydrogen) atoms. The summed E-state index contributed by atoms with van der Waals surface area (Å²) < 4.78 is 38.5. The monoisotopic (exact) mass is 361 g/mol. The number of hydrogen-bond acceptors (Lipinski definition) is 5. The van der Waals surface area contributed by atoms with Crippen molar-refractivity contribution in [3.63, 3.8) is 0 Å². The van der Waals surface area contributed by atoms with Crippen molar-refractivity contribution in [3.05, 3.63) is 0 Å². The molecule has 0 aromatic rings. The molecular formula is C8H18NaO4S5. The Morgan fingerprint density at radius 3 is 2.06 bits per heavy atom. The maximum absolute atomic E-state index is 10.8. The van der Waals surface area contributed by atoms with Crippen molar-refractivity contribution in [2.75, 3.05) is 23.0 Å². The number of unbranched alkanes of at least 4 members (excludes halogenated alkanes) is 2. The molecule has 4 nitrogen and oxygen atoms in total. The van der Waals surface area contributed by atoms with E-state index < -0.39 is 19.9 Å². The van der Waals surface area contributed by atoms with Crippen LogP contribution >= 0.6 is 21.6 Å². The summed E-state index contributed by atoms with van der Waals surface area (Å²) >= 11 is 2.72. The number of rotatable bonds is 11. The Bertz CT molecular complexity index is 309. The first kappa shape index (κ1) is 22.4. The van der Waals surface area contributed by atoms with Crippen molar-refractivity contribution in [1.82, 2.24) is 0 Å². The minimum Gasteiger partial charge on any atom is -0.306 e. The predicted molar refractivity (Wildman–Crippen MR) is 87.8 cm³/mol. The topological polar surface area (TPSA) is 74.6 Å². The van der Waals surface area contributed by atoms with Crippen LogP contribution in [0, 0.1) is 0 Å². The van der Waals surface area contributed by atoms with E-state index in [4.69, 9.17) is 9.11 Å².